The maximum Gasteiger partial charge on any atom is 0.305 e. The Morgan fingerprint density at radius 1 is 0.333 bits per heavy atom. The first-order chi connectivity index (χ1) is 41.5. The predicted molar refractivity (Wildman–Crippen MR) is 370 cm³/mol. The molecule has 496 valence electrons. The van der Waals surface area contributed by atoms with Gasteiger partial charge in [-0.1, -0.05) is 371 Å². The zero-order chi connectivity index (χ0) is 60.6. The number of hydrogen-bond donors (Lipinski definition) is 3. The molecular formula is C78H149NO5. The van der Waals surface area contributed by atoms with Crippen LogP contribution in [0.1, 0.15) is 425 Å². The Balaban J connectivity index is 3.33. The highest BCUT2D eigenvalue weighted by molar-refractivity contribution is 5.76. The summed E-state index contributed by atoms with van der Waals surface area (Å²) in [5.41, 5.74) is 0. The molecule has 0 aliphatic rings. The van der Waals surface area contributed by atoms with Crippen LogP contribution >= 0.6 is 0 Å². The van der Waals surface area contributed by atoms with Crippen LogP contribution in [0.3, 0.4) is 0 Å². The number of unbranched alkanes of at least 4 members (excludes halogenated alkanes) is 55. The van der Waals surface area contributed by atoms with Crippen molar-refractivity contribution in [2.45, 2.75) is 437 Å². The summed E-state index contributed by atoms with van der Waals surface area (Å²) < 4.78 is 5.49. The summed E-state index contributed by atoms with van der Waals surface area (Å²) in [4.78, 5) is 24.6. The van der Waals surface area contributed by atoms with Crippen molar-refractivity contribution in [1.29, 1.82) is 0 Å². The standard InChI is InChI=1S/C78H149NO5/c1-3-5-7-9-11-13-15-17-19-43-46-50-54-58-62-66-70-76(81)75(74-80)79-77(82)71-67-63-59-55-51-47-44-41-39-37-35-33-31-29-27-25-23-21-20-22-24-26-28-30-32-34-36-38-40-42-45-49-53-57-61-65-69-73-84-78(83)72-68-64-60-56-52-48-18-16-14-12-10-8-6-4-2/h10,12,16,18,20,22,75-76,80-81H,3-9,11,13-15,17,19,21,23-74H2,1-2H3,(H,79,82)/b12-10-,18-16-,22-20-. The molecule has 0 rings (SSSR count). The Morgan fingerprint density at radius 2 is 0.607 bits per heavy atom. The molecule has 0 aromatic heterocycles. The van der Waals surface area contributed by atoms with E-state index in [2.05, 4.69) is 55.6 Å². The van der Waals surface area contributed by atoms with Gasteiger partial charge in [-0.3, -0.25) is 9.59 Å². The van der Waals surface area contributed by atoms with Gasteiger partial charge in [0.05, 0.1) is 25.4 Å². The zero-order valence-electron chi connectivity index (χ0n) is 56.9. The van der Waals surface area contributed by atoms with Gasteiger partial charge in [0, 0.05) is 12.8 Å². The second-order valence-electron chi connectivity index (χ2n) is 26.3. The summed E-state index contributed by atoms with van der Waals surface area (Å²) in [6, 6.07) is -0.538. The molecule has 1 amide bonds. The van der Waals surface area contributed by atoms with Crippen molar-refractivity contribution in [3.05, 3.63) is 36.5 Å². The summed E-state index contributed by atoms with van der Waals surface area (Å²) in [6.07, 6.45) is 95.2. The maximum atomic E-state index is 12.5. The van der Waals surface area contributed by atoms with Crippen molar-refractivity contribution in [3.8, 4) is 0 Å². The highest BCUT2D eigenvalue weighted by atomic mass is 16.5. The first-order valence-electron chi connectivity index (χ1n) is 38.2. The normalized spacial score (nSPS) is 12.7. The van der Waals surface area contributed by atoms with Crippen LogP contribution < -0.4 is 5.32 Å². The first kappa shape index (κ1) is 82.1. The van der Waals surface area contributed by atoms with Gasteiger partial charge in [-0.25, -0.2) is 0 Å². The molecule has 0 bridgehead atoms. The zero-order valence-corrected chi connectivity index (χ0v) is 56.9. The summed E-state index contributed by atoms with van der Waals surface area (Å²) in [7, 11) is 0. The van der Waals surface area contributed by atoms with Gasteiger partial charge in [0.1, 0.15) is 0 Å². The van der Waals surface area contributed by atoms with Crippen molar-refractivity contribution in [2.75, 3.05) is 13.2 Å². The van der Waals surface area contributed by atoms with E-state index < -0.39 is 12.1 Å². The molecule has 0 radical (unpaired) electrons. The molecule has 2 unspecified atom stereocenters. The number of ether oxygens (including phenoxy) is 1. The molecule has 0 aromatic carbocycles. The number of hydrogen-bond acceptors (Lipinski definition) is 5. The second-order valence-corrected chi connectivity index (χ2v) is 26.3. The SMILES string of the molecule is CCCC/C=C\C/C=C\CCCCCCCC(=O)OCCCCCCCCCCCCCCCCCC/C=C\CCCCCCCCCCCCCCCCCCCC(=O)NC(CO)C(O)CCCCCCCCCCCCCCCCCC. The molecule has 0 heterocycles. The molecule has 0 aliphatic carbocycles. The molecule has 0 fully saturated rings. The smallest absolute Gasteiger partial charge is 0.305 e. The Morgan fingerprint density at radius 3 is 0.952 bits per heavy atom. The van der Waals surface area contributed by atoms with E-state index in [4.69, 9.17) is 4.74 Å². The highest BCUT2D eigenvalue weighted by Gasteiger charge is 2.20. The van der Waals surface area contributed by atoms with Gasteiger partial charge < -0.3 is 20.3 Å². The van der Waals surface area contributed by atoms with E-state index in [1.54, 1.807) is 0 Å². The van der Waals surface area contributed by atoms with Crippen molar-refractivity contribution < 1.29 is 24.5 Å². The fourth-order valence-corrected chi connectivity index (χ4v) is 12.1. The lowest BCUT2D eigenvalue weighted by Gasteiger charge is -2.22. The predicted octanol–water partition coefficient (Wildman–Crippen LogP) is 25.0. The number of nitrogens with one attached hydrogen (secondary N) is 1. The first-order valence-corrected chi connectivity index (χ1v) is 38.2. The van der Waals surface area contributed by atoms with E-state index in [9.17, 15) is 19.8 Å². The monoisotopic (exact) mass is 1180 g/mol. The lowest BCUT2D eigenvalue weighted by molar-refractivity contribution is -0.143. The molecule has 84 heavy (non-hydrogen) atoms. The Bertz CT molecular complexity index is 1360. The van der Waals surface area contributed by atoms with Crippen LogP contribution in [0.5, 0.6) is 0 Å². The Hall–Kier alpha value is -1.92. The van der Waals surface area contributed by atoms with E-state index in [1.165, 1.54) is 340 Å². The van der Waals surface area contributed by atoms with Crippen LogP contribution in [0.2, 0.25) is 0 Å². The third-order valence-electron chi connectivity index (χ3n) is 17.9. The topological polar surface area (TPSA) is 95.9 Å². The van der Waals surface area contributed by atoms with E-state index in [-0.39, 0.29) is 18.5 Å². The molecule has 0 saturated heterocycles. The van der Waals surface area contributed by atoms with Gasteiger partial charge in [0.25, 0.3) is 0 Å². The van der Waals surface area contributed by atoms with Gasteiger partial charge in [-0.05, 0) is 77.0 Å². The van der Waals surface area contributed by atoms with E-state index in [0.717, 1.165) is 51.4 Å². The van der Waals surface area contributed by atoms with E-state index in [1.807, 2.05) is 0 Å². The van der Waals surface area contributed by atoms with Crippen molar-refractivity contribution in [1.82, 2.24) is 5.32 Å². The largest absolute Gasteiger partial charge is 0.466 e. The van der Waals surface area contributed by atoms with Crippen LogP contribution in [0, 0.1) is 0 Å². The minimum Gasteiger partial charge on any atom is -0.466 e. The molecular weight excluding hydrogens is 1030 g/mol. The molecule has 0 saturated carbocycles. The average molecular weight is 1180 g/mol. The van der Waals surface area contributed by atoms with Gasteiger partial charge in [-0.15, -0.1) is 0 Å². The Labute approximate surface area is 525 Å². The summed E-state index contributed by atoms with van der Waals surface area (Å²) >= 11 is 0. The van der Waals surface area contributed by atoms with Crippen LogP contribution in [-0.4, -0.2) is 47.4 Å². The van der Waals surface area contributed by atoms with E-state index >= 15 is 0 Å². The van der Waals surface area contributed by atoms with Gasteiger partial charge in [0.15, 0.2) is 0 Å². The molecule has 0 spiro atoms. The maximum absolute atomic E-state index is 12.5. The molecule has 0 aliphatic heterocycles. The van der Waals surface area contributed by atoms with Gasteiger partial charge >= 0.3 is 5.97 Å². The number of rotatable bonds is 72. The van der Waals surface area contributed by atoms with Gasteiger partial charge in [-0.2, -0.15) is 0 Å². The molecule has 2 atom stereocenters. The quantitative estimate of drug-likeness (QED) is 0.0320. The average Bonchev–Trinajstić information content (AvgIpc) is 3.51. The van der Waals surface area contributed by atoms with Crippen molar-refractivity contribution in [2.24, 2.45) is 0 Å². The third-order valence-corrected chi connectivity index (χ3v) is 17.9. The van der Waals surface area contributed by atoms with Crippen LogP contribution in [-0.2, 0) is 14.3 Å². The van der Waals surface area contributed by atoms with Crippen molar-refractivity contribution >= 4 is 11.9 Å². The Kier molecular flexibility index (Phi) is 71.9. The number of esters is 1. The minimum atomic E-state index is -0.661. The lowest BCUT2D eigenvalue weighted by Crippen LogP contribution is -2.45. The fraction of sp³-hybridized carbons (Fsp3) is 0.897. The molecule has 6 nitrogen and oxygen atoms in total. The number of amides is 1. The minimum absolute atomic E-state index is 0.00717. The van der Waals surface area contributed by atoms with Crippen LogP contribution in [0.25, 0.3) is 0 Å². The molecule has 3 N–H and O–H groups in total. The van der Waals surface area contributed by atoms with Crippen molar-refractivity contribution in [3.63, 3.8) is 0 Å². The molecule has 6 heteroatoms. The van der Waals surface area contributed by atoms with Crippen LogP contribution in [0.4, 0.5) is 0 Å². The summed E-state index contributed by atoms with van der Waals surface area (Å²) in [6.45, 7) is 4.94. The van der Waals surface area contributed by atoms with E-state index in [0.29, 0.717) is 25.9 Å². The number of aliphatic hydroxyl groups is 2. The fourth-order valence-electron chi connectivity index (χ4n) is 12.1. The second kappa shape index (κ2) is 73.5. The van der Waals surface area contributed by atoms with Crippen LogP contribution in [0.15, 0.2) is 36.5 Å². The number of carbonyl (C=O) groups is 2. The van der Waals surface area contributed by atoms with Gasteiger partial charge in [0.2, 0.25) is 5.91 Å². The lowest BCUT2D eigenvalue weighted by atomic mass is 10.0. The summed E-state index contributed by atoms with van der Waals surface area (Å²) in [5, 5.41) is 23.4. The highest BCUT2D eigenvalue weighted by Crippen LogP contribution is 2.19. The number of aliphatic hydroxyl groups excluding tert-OH is 2. The number of allylic oxidation sites excluding steroid dienone is 6. The number of carbonyl (C=O) groups excluding carboxylic acids is 2. The summed E-state index contributed by atoms with van der Waals surface area (Å²) in [5.74, 6) is -0.0203. The third kappa shape index (κ3) is 69.2. The molecule has 0 aromatic rings.